The molecular formula is C12H11ClN6S. The molecule has 3 rings (SSSR count). The molecular weight excluding hydrogens is 296 g/mol. The first kappa shape index (κ1) is 13.0. The molecule has 0 aliphatic rings. The van der Waals surface area contributed by atoms with E-state index < -0.39 is 0 Å². The number of aryl methyl sites for hydroxylation is 1. The van der Waals surface area contributed by atoms with E-state index in [0.29, 0.717) is 10.9 Å². The molecule has 3 aromatic rings. The van der Waals surface area contributed by atoms with Gasteiger partial charge in [0.15, 0.2) is 0 Å². The molecule has 20 heavy (non-hydrogen) atoms. The first-order chi connectivity index (χ1) is 9.72. The summed E-state index contributed by atoms with van der Waals surface area (Å²) >= 11 is 7.32. The number of benzene rings is 1. The highest BCUT2D eigenvalue weighted by atomic mass is 35.5. The van der Waals surface area contributed by atoms with Crippen LogP contribution in [0.4, 0.5) is 5.69 Å². The van der Waals surface area contributed by atoms with Crippen molar-refractivity contribution >= 4 is 28.6 Å². The zero-order chi connectivity index (χ0) is 13.9. The fraction of sp³-hybridized carbons (Fsp3) is 0.167. The number of halogens is 1. The Labute approximate surface area is 124 Å². The molecule has 8 heteroatoms. The van der Waals surface area contributed by atoms with Crippen molar-refractivity contribution in [3.63, 3.8) is 0 Å². The average molecular weight is 307 g/mol. The van der Waals surface area contributed by atoms with Gasteiger partial charge >= 0.3 is 0 Å². The van der Waals surface area contributed by atoms with E-state index in [1.54, 1.807) is 17.2 Å². The Bertz CT molecular complexity index is 709. The van der Waals surface area contributed by atoms with Gasteiger partial charge in [-0.3, -0.25) is 0 Å². The Morgan fingerprint density at radius 3 is 3.00 bits per heavy atom. The molecule has 0 atom stereocenters. The maximum Gasteiger partial charge on any atom is 0.143 e. The van der Waals surface area contributed by atoms with Gasteiger partial charge in [-0.25, -0.2) is 9.67 Å². The number of nitrogens with one attached hydrogen (secondary N) is 1. The lowest BCUT2D eigenvalue weighted by atomic mass is 10.2. The van der Waals surface area contributed by atoms with Gasteiger partial charge in [-0.1, -0.05) is 17.7 Å². The predicted molar refractivity (Wildman–Crippen MR) is 78.3 cm³/mol. The van der Waals surface area contributed by atoms with E-state index in [4.69, 9.17) is 11.6 Å². The SMILES string of the molecule is Cc1ccc(NCc2ncc(Cl)s2)cc1-n1cnnn1. The summed E-state index contributed by atoms with van der Waals surface area (Å²) in [6, 6.07) is 6.04. The molecule has 102 valence electrons. The Kier molecular flexibility index (Phi) is 3.62. The van der Waals surface area contributed by atoms with Crippen molar-refractivity contribution in [1.82, 2.24) is 25.2 Å². The highest BCUT2D eigenvalue weighted by Gasteiger charge is 2.05. The highest BCUT2D eigenvalue weighted by Crippen LogP contribution is 2.21. The molecule has 1 N–H and O–H groups in total. The van der Waals surface area contributed by atoms with Crippen LogP contribution < -0.4 is 5.32 Å². The van der Waals surface area contributed by atoms with Crippen LogP contribution in [0.3, 0.4) is 0 Å². The van der Waals surface area contributed by atoms with E-state index in [1.165, 1.54) is 11.3 Å². The molecule has 1 aromatic carbocycles. The number of hydrogen-bond acceptors (Lipinski definition) is 6. The highest BCUT2D eigenvalue weighted by molar-refractivity contribution is 7.15. The topological polar surface area (TPSA) is 68.5 Å². The Balaban J connectivity index is 1.79. The smallest absolute Gasteiger partial charge is 0.143 e. The first-order valence-electron chi connectivity index (χ1n) is 5.90. The van der Waals surface area contributed by atoms with Gasteiger partial charge in [-0.2, -0.15) is 0 Å². The fourth-order valence-corrected chi connectivity index (χ4v) is 2.68. The third kappa shape index (κ3) is 2.78. The van der Waals surface area contributed by atoms with E-state index in [-0.39, 0.29) is 0 Å². The van der Waals surface area contributed by atoms with Gasteiger partial charge in [-0.15, -0.1) is 16.4 Å². The summed E-state index contributed by atoms with van der Waals surface area (Å²) in [5.41, 5.74) is 3.02. The number of hydrogen-bond donors (Lipinski definition) is 1. The molecule has 0 amide bonds. The zero-order valence-corrected chi connectivity index (χ0v) is 12.2. The van der Waals surface area contributed by atoms with Crippen LogP contribution in [0.15, 0.2) is 30.7 Å². The van der Waals surface area contributed by atoms with Crippen LogP contribution >= 0.6 is 22.9 Å². The average Bonchev–Trinajstić information content (AvgIpc) is 3.09. The number of thiazole rings is 1. The van der Waals surface area contributed by atoms with Crippen LogP contribution in [0.5, 0.6) is 0 Å². The van der Waals surface area contributed by atoms with E-state index in [1.807, 2.05) is 25.1 Å². The summed E-state index contributed by atoms with van der Waals surface area (Å²) in [5.74, 6) is 0. The van der Waals surface area contributed by atoms with Crippen LogP contribution in [0, 0.1) is 6.92 Å². The van der Waals surface area contributed by atoms with Crippen LogP contribution in [0.1, 0.15) is 10.6 Å². The van der Waals surface area contributed by atoms with E-state index in [9.17, 15) is 0 Å². The Morgan fingerprint density at radius 2 is 2.30 bits per heavy atom. The largest absolute Gasteiger partial charge is 0.378 e. The van der Waals surface area contributed by atoms with Crippen LogP contribution in [-0.4, -0.2) is 25.2 Å². The number of tetrazole rings is 1. The summed E-state index contributed by atoms with van der Waals surface area (Å²) in [7, 11) is 0. The summed E-state index contributed by atoms with van der Waals surface area (Å²) in [4.78, 5) is 4.21. The van der Waals surface area contributed by atoms with Gasteiger partial charge < -0.3 is 5.32 Å². The minimum Gasteiger partial charge on any atom is -0.378 e. The normalized spacial score (nSPS) is 10.7. The molecule has 6 nitrogen and oxygen atoms in total. The van der Waals surface area contributed by atoms with Gasteiger partial charge in [-0.05, 0) is 35.0 Å². The van der Waals surface area contributed by atoms with Gasteiger partial charge in [0.1, 0.15) is 15.7 Å². The molecule has 0 spiro atoms. The minimum absolute atomic E-state index is 0.634. The molecule has 2 heterocycles. The van der Waals surface area contributed by atoms with Crippen molar-refractivity contribution in [1.29, 1.82) is 0 Å². The summed E-state index contributed by atoms with van der Waals surface area (Å²) in [5, 5.41) is 15.5. The standard InChI is InChI=1S/C12H11ClN6S/c1-8-2-3-9(4-10(8)19-7-16-17-18-19)14-6-12-15-5-11(13)20-12/h2-5,7,14H,6H2,1H3. The zero-order valence-electron chi connectivity index (χ0n) is 10.6. The quantitative estimate of drug-likeness (QED) is 0.802. The molecule has 0 saturated heterocycles. The summed E-state index contributed by atoms with van der Waals surface area (Å²) in [6.07, 6.45) is 3.23. The van der Waals surface area contributed by atoms with E-state index >= 15 is 0 Å². The van der Waals surface area contributed by atoms with Gasteiger partial charge in [0.25, 0.3) is 0 Å². The van der Waals surface area contributed by atoms with E-state index in [2.05, 4.69) is 25.8 Å². The number of anilines is 1. The van der Waals surface area contributed by atoms with Crippen LogP contribution in [0.2, 0.25) is 4.34 Å². The van der Waals surface area contributed by atoms with Gasteiger partial charge in [0, 0.05) is 5.69 Å². The molecule has 0 aliphatic carbocycles. The van der Waals surface area contributed by atoms with Crippen molar-refractivity contribution < 1.29 is 0 Å². The minimum atomic E-state index is 0.634. The molecule has 0 fully saturated rings. The maximum atomic E-state index is 5.86. The molecule has 0 saturated carbocycles. The monoisotopic (exact) mass is 306 g/mol. The summed E-state index contributed by atoms with van der Waals surface area (Å²) in [6.45, 7) is 2.65. The first-order valence-corrected chi connectivity index (χ1v) is 7.10. The lowest BCUT2D eigenvalue weighted by Gasteiger charge is -2.09. The maximum absolute atomic E-state index is 5.86. The second-order valence-corrected chi connectivity index (χ2v) is 5.91. The van der Waals surface area contributed by atoms with Crippen molar-refractivity contribution in [3.05, 3.63) is 45.6 Å². The predicted octanol–water partition coefficient (Wildman–Crippen LogP) is 2.69. The fourth-order valence-electron chi connectivity index (χ4n) is 1.79. The molecule has 0 radical (unpaired) electrons. The second-order valence-electron chi connectivity index (χ2n) is 4.17. The van der Waals surface area contributed by atoms with Crippen molar-refractivity contribution in [2.24, 2.45) is 0 Å². The number of nitrogens with zero attached hydrogens (tertiary/aromatic N) is 5. The number of rotatable bonds is 4. The lowest BCUT2D eigenvalue weighted by molar-refractivity contribution is 0.785. The Morgan fingerprint density at radius 1 is 1.40 bits per heavy atom. The Hall–Kier alpha value is -1.99. The number of aromatic nitrogens is 5. The van der Waals surface area contributed by atoms with Crippen LogP contribution in [-0.2, 0) is 6.54 Å². The van der Waals surface area contributed by atoms with Crippen molar-refractivity contribution in [3.8, 4) is 5.69 Å². The van der Waals surface area contributed by atoms with Crippen molar-refractivity contribution in [2.45, 2.75) is 13.5 Å². The molecule has 0 bridgehead atoms. The summed E-state index contributed by atoms with van der Waals surface area (Å²) < 4.78 is 2.33. The molecule has 2 aromatic heterocycles. The van der Waals surface area contributed by atoms with Crippen LogP contribution in [0.25, 0.3) is 5.69 Å². The van der Waals surface area contributed by atoms with E-state index in [0.717, 1.165) is 21.9 Å². The third-order valence-electron chi connectivity index (χ3n) is 2.77. The second kappa shape index (κ2) is 5.56. The van der Waals surface area contributed by atoms with Gasteiger partial charge in [0.2, 0.25) is 0 Å². The third-order valence-corrected chi connectivity index (χ3v) is 3.89. The van der Waals surface area contributed by atoms with Crippen molar-refractivity contribution in [2.75, 3.05) is 5.32 Å². The molecule has 0 aliphatic heterocycles. The molecule has 0 unspecified atom stereocenters. The van der Waals surface area contributed by atoms with Gasteiger partial charge in [0.05, 0.1) is 18.4 Å². The lowest BCUT2D eigenvalue weighted by Crippen LogP contribution is -2.02.